The summed E-state index contributed by atoms with van der Waals surface area (Å²) in [6, 6.07) is 0. The molecule has 0 aromatic heterocycles. The third-order valence-electron chi connectivity index (χ3n) is 7.94. The van der Waals surface area contributed by atoms with Crippen LogP contribution in [0.15, 0.2) is 0 Å². The van der Waals surface area contributed by atoms with E-state index in [1.807, 2.05) is 0 Å². The summed E-state index contributed by atoms with van der Waals surface area (Å²) in [4.78, 5) is 23.4. The molecule has 0 radical (unpaired) electrons. The SMILES string of the molecule is CC(=O)NC12CC3C4CC5(NC(C)=O)CC3C(C1)C(C5)C4C2. The summed E-state index contributed by atoms with van der Waals surface area (Å²) in [5.41, 5.74) is 0.224. The maximum atomic E-state index is 11.7. The molecule has 4 nitrogen and oxygen atoms in total. The summed E-state index contributed by atoms with van der Waals surface area (Å²) in [5.74, 6) is 5.06. The average molecular weight is 302 g/mol. The number of nitrogens with one attached hydrogen (secondary N) is 2. The monoisotopic (exact) mass is 302 g/mol. The van der Waals surface area contributed by atoms with Gasteiger partial charge < -0.3 is 10.6 Å². The van der Waals surface area contributed by atoms with Gasteiger partial charge >= 0.3 is 0 Å². The Kier molecular flexibility index (Phi) is 2.36. The van der Waals surface area contributed by atoms with E-state index in [-0.39, 0.29) is 22.9 Å². The van der Waals surface area contributed by atoms with Crippen LogP contribution in [0.25, 0.3) is 0 Å². The van der Waals surface area contributed by atoms with Crippen LogP contribution in [0.5, 0.6) is 0 Å². The van der Waals surface area contributed by atoms with E-state index in [0.717, 1.165) is 35.5 Å². The molecule has 0 spiro atoms. The number of hydrogen-bond acceptors (Lipinski definition) is 2. The van der Waals surface area contributed by atoms with Crippen LogP contribution in [0.2, 0.25) is 0 Å². The molecule has 7 fully saturated rings. The molecule has 22 heavy (non-hydrogen) atoms. The number of hydrogen-bond donors (Lipinski definition) is 2. The van der Waals surface area contributed by atoms with Gasteiger partial charge in [-0.05, 0) is 74.0 Å². The summed E-state index contributed by atoms with van der Waals surface area (Å²) < 4.78 is 0. The van der Waals surface area contributed by atoms with Crippen molar-refractivity contribution in [2.75, 3.05) is 0 Å². The minimum absolute atomic E-state index is 0.112. The van der Waals surface area contributed by atoms with Crippen molar-refractivity contribution in [3.05, 3.63) is 0 Å². The summed E-state index contributed by atoms with van der Waals surface area (Å²) >= 11 is 0. The van der Waals surface area contributed by atoms with E-state index in [1.165, 1.54) is 38.5 Å². The van der Waals surface area contributed by atoms with Crippen LogP contribution in [0.1, 0.15) is 52.4 Å². The first-order valence-electron chi connectivity index (χ1n) is 8.98. The molecule has 0 saturated heterocycles. The van der Waals surface area contributed by atoms with Crippen molar-refractivity contribution >= 4 is 11.8 Å². The van der Waals surface area contributed by atoms with Crippen molar-refractivity contribution in [2.24, 2.45) is 35.5 Å². The largest absolute Gasteiger partial charge is 0.351 e. The van der Waals surface area contributed by atoms with Gasteiger partial charge in [0.25, 0.3) is 0 Å². The van der Waals surface area contributed by atoms with Crippen molar-refractivity contribution in [2.45, 2.75) is 63.5 Å². The van der Waals surface area contributed by atoms with E-state index < -0.39 is 0 Å². The fourth-order valence-corrected chi connectivity index (χ4v) is 7.98. The van der Waals surface area contributed by atoms with Crippen molar-refractivity contribution in [1.82, 2.24) is 10.6 Å². The number of carbonyl (C=O) groups is 2. The molecule has 0 atom stereocenters. The van der Waals surface area contributed by atoms with Gasteiger partial charge in [-0.2, -0.15) is 0 Å². The molecule has 4 heteroatoms. The molecule has 2 N–H and O–H groups in total. The zero-order valence-electron chi connectivity index (χ0n) is 13.5. The first-order chi connectivity index (χ1) is 10.4. The molecule has 8 bridgehead atoms. The van der Waals surface area contributed by atoms with Gasteiger partial charge in [0.2, 0.25) is 11.8 Å². The Hall–Kier alpha value is -1.06. The van der Waals surface area contributed by atoms with Crippen molar-refractivity contribution in [1.29, 1.82) is 0 Å². The number of rotatable bonds is 2. The predicted molar refractivity (Wildman–Crippen MR) is 81.7 cm³/mol. The third-order valence-corrected chi connectivity index (χ3v) is 7.94. The van der Waals surface area contributed by atoms with Crippen LogP contribution in [0.3, 0.4) is 0 Å². The fraction of sp³-hybridized carbons (Fsp3) is 0.889. The van der Waals surface area contributed by atoms with E-state index in [9.17, 15) is 9.59 Å². The quantitative estimate of drug-likeness (QED) is 0.818. The smallest absolute Gasteiger partial charge is 0.217 e. The Balaban J connectivity index is 1.49. The maximum absolute atomic E-state index is 11.7. The van der Waals surface area contributed by atoms with Gasteiger partial charge in [0.15, 0.2) is 0 Å². The molecule has 0 aliphatic heterocycles. The van der Waals surface area contributed by atoms with Crippen LogP contribution < -0.4 is 10.6 Å². The molecule has 0 aromatic rings. The second-order valence-electron chi connectivity index (χ2n) is 9.13. The van der Waals surface area contributed by atoms with Crippen LogP contribution in [0, 0.1) is 35.5 Å². The van der Waals surface area contributed by atoms with Gasteiger partial charge in [0.05, 0.1) is 0 Å². The predicted octanol–water partition coefficient (Wildman–Crippen LogP) is 1.84. The molecule has 0 unspecified atom stereocenters. The van der Waals surface area contributed by atoms with Gasteiger partial charge in [-0.1, -0.05) is 0 Å². The minimum Gasteiger partial charge on any atom is -0.351 e. The van der Waals surface area contributed by atoms with Gasteiger partial charge in [-0.3, -0.25) is 9.59 Å². The van der Waals surface area contributed by atoms with Crippen LogP contribution in [0.4, 0.5) is 0 Å². The normalized spacial score (nSPS) is 56.3. The zero-order chi connectivity index (χ0) is 15.3. The van der Waals surface area contributed by atoms with Gasteiger partial charge in [-0.25, -0.2) is 0 Å². The van der Waals surface area contributed by atoms with Gasteiger partial charge in [0.1, 0.15) is 0 Å². The zero-order valence-corrected chi connectivity index (χ0v) is 13.5. The van der Waals surface area contributed by atoms with Crippen molar-refractivity contribution in [3.8, 4) is 0 Å². The van der Waals surface area contributed by atoms with E-state index >= 15 is 0 Å². The lowest BCUT2D eigenvalue weighted by Gasteiger charge is -2.74. The molecule has 7 rings (SSSR count). The highest BCUT2D eigenvalue weighted by Gasteiger charge is 2.70. The van der Waals surface area contributed by atoms with E-state index in [1.54, 1.807) is 13.8 Å². The third kappa shape index (κ3) is 1.54. The lowest BCUT2D eigenvalue weighted by molar-refractivity contribution is -0.226. The summed E-state index contributed by atoms with van der Waals surface area (Å²) in [6.07, 6.45) is 7.15. The summed E-state index contributed by atoms with van der Waals surface area (Å²) in [5, 5.41) is 6.70. The van der Waals surface area contributed by atoms with E-state index in [0.29, 0.717) is 0 Å². The first-order valence-corrected chi connectivity index (χ1v) is 8.98. The summed E-state index contributed by atoms with van der Waals surface area (Å²) in [6.45, 7) is 3.34. The molecular formula is C18H26N2O2. The molecule has 7 aliphatic rings. The fourth-order valence-electron chi connectivity index (χ4n) is 7.98. The molecular weight excluding hydrogens is 276 g/mol. The second-order valence-corrected chi connectivity index (χ2v) is 9.13. The van der Waals surface area contributed by atoms with Gasteiger partial charge in [-0.15, -0.1) is 0 Å². The molecule has 0 heterocycles. The summed E-state index contributed by atoms with van der Waals surface area (Å²) in [7, 11) is 0. The highest BCUT2D eigenvalue weighted by atomic mass is 16.2. The Morgan fingerprint density at radius 1 is 0.636 bits per heavy atom. The van der Waals surface area contributed by atoms with E-state index in [4.69, 9.17) is 0 Å². The Morgan fingerprint density at radius 2 is 0.864 bits per heavy atom. The lowest BCUT2D eigenvalue weighted by Crippen LogP contribution is -2.76. The number of amides is 2. The van der Waals surface area contributed by atoms with Crippen molar-refractivity contribution < 1.29 is 9.59 Å². The number of carbonyl (C=O) groups excluding carboxylic acids is 2. The van der Waals surface area contributed by atoms with Crippen LogP contribution in [-0.2, 0) is 9.59 Å². The molecule has 7 saturated carbocycles. The maximum Gasteiger partial charge on any atom is 0.217 e. The molecule has 120 valence electrons. The lowest BCUT2D eigenvalue weighted by atomic mass is 9.33. The van der Waals surface area contributed by atoms with E-state index in [2.05, 4.69) is 10.6 Å². The highest BCUT2D eigenvalue weighted by Crippen LogP contribution is 2.72. The minimum atomic E-state index is 0.112. The van der Waals surface area contributed by atoms with Crippen LogP contribution in [-0.4, -0.2) is 22.9 Å². The molecule has 2 amide bonds. The molecule has 7 aliphatic carbocycles. The van der Waals surface area contributed by atoms with Crippen LogP contribution >= 0.6 is 0 Å². The molecule has 0 aromatic carbocycles. The Labute approximate surface area is 131 Å². The Morgan fingerprint density at radius 3 is 1.05 bits per heavy atom. The second kappa shape index (κ2) is 3.88. The standard InChI is InChI=1S/C18H26N2O2/c1-9(21)19-17-3-11-14-6-18(20-10(2)22)7-15(11)13(5-17)16(8-18)12(14)4-17/h11-16H,3-8H2,1-2H3,(H,19,21)(H,20,22). The first kappa shape index (κ1) is 13.4. The van der Waals surface area contributed by atoms with Crippen molar-refractivity contribution in [3.63, 3.8) is 0 Å². The highest BCUT2D eigenvalue weighted by molar-refractivity contribution is 5.74. The topological polar surface area (TPSA) is 58.2 Å². The van der Waals surface area contributed by atoms with Gasteiger partial charge in [0, 0.05) is 24.9 Å². The Bertz CT molecular complexity index is 456. The average Bonchev–Trinajstić information content (AvgIpc) is 2.41.